The van der Waals surface area contributed by atoms with Gasteiger partial charge < -0.3 is 15.5 Å². The molecule has 0 saturated carbocycles. The van der Waals surface area contributed by atoms with Crippen molar-refractivity contribution in [3.8, 4) is 0 Å². The molecule has 19 heteroatoms. The quantitative estimate of drug-likeness (QED) is 0.0679. The van der Waals surface area contributed by atoms with Gasteiger partial charge in [0.25, 0.3) is 11.8 Å². The Hall–Kier alpha value is -5.79. The number of carbonyl (C=O) groups excluding carboxylic acids is 2. The molecule has 0 spiro atoms. The van der Waals surface area contributed by atoms with Gasteiger partial charge in [-0.3, -0.25) is 19.8 Å². The van der Waals surface area contributed by atoms with Crippen molar-refractivity contribution in [2.45, 2.75) is 12.8 Å². The number of rotatable bonds is 14. The van der Waals surface area contributed by atoms with E-state index >= 15 is 0 Å². The summed E-state index contributed by atoms with van der Waals surface area (Å²) >= 11 is 0. The monoisotopic (exact) mass is 834 g/mol. The lowest BCUT2D eigenvalue weighted by atomic mass is 10.2. The molecule has 300 valence electrons. The predicted octanol–water partition coefficient (Wildman–Crippen LogP) is 4.48. The first-order valence-electron chi connectivity index (χ1n) is 17.4. The first-order valence-corrected chi connectivity index (χ1v) is 22.1. The number of aromatic amines is 2. The Kier molecular flexibility index (Phi) is 16.6. The summed E-state index contributed by atoms with van der Waals surface area (Å²) in [5.41, 5.74) is 9.87. The van der Waals surface area contributed by atoms with Crippen LogP contribution in [0.5, 0.6) is 0 Å². The average molecular weight is 835 g/mol. The third-order valence-electron chi connectivity index (χ3n) is 7.68. The molecule has 0 aliphatic rings. The molecule has 4 aromatic heterocycles. The Labute approximate surface area is 335 Å². The van der Waals surface area contributed by atoms with Crippen molar-refractivity contribution in [1.82, 2.24) is 35.1 Å². The molecule has 0 saturated heterocycles. The van der Waals surface area contributed by atoms with Gasteiger partial charge >= 0.3 is 0 Å². The number of hydrogen-bond donors (Lipinski definition) is 4. The van der Waals surface area contributed by atoms with Crippen LogP contribution < -0.4 is 20.3 Å². The number of halogens is 1. The highest BCUT2D eigenvalue weighted by Gasteiger charge is 2.15. The van der Waals surface area contributed by atoms with Gasteiger partial charge in [0.05, 0.1) is 23.9 Å². The van der Waals surface area contributed by atoms with Gasteiger partial charge in [0.1, 0.15) is 0 Å². The van der Waals surface area contributed by atoms with Crippen molar-refractivity contribution in [1.29, 1.82) is 0 Å². The smallest absolute Gasteiger partial charge is 0.251 e. The van der Waals surface area contributed by atoms with E-state index in [1.54, 1.807) is 40.4 Å². The number of aromatic nitrogens is 6. The number of nitrogens with zero attached hydrogens (tertiary/aromatic N) is 6. The topological polar surface area (TPSA) is 230 Å². The van der Waals surface area contributed by atoms with Crippen molar-refractivity contribution >= 4 is 87.2 Å². The lowest BCUT2D eigenvalue weighted by molar-refractivity contribution is -0.114. The summed E-state index contributed by atoms with van der Waals surface area (Å²) in [7, 11) is -1.94. The van der Waals surface area contributed by atoms with E-state index < -0.39 is 19.1 Å². The lowest BCUT2D eigenvalue weighted by Crippen LogP contribution is -2.33. The molecule has 4 heterocycles. The first kappa shape index (κ1) is 43.9. The third-order valence-corrected chi connectivity index (χ3v) is 8.41. The number of nitrogens with two attached hydrogens (primary N) is 1. The van der Waals surface area contributed by atoms with Crippen LogP contribution in [-0.4, -0.2) is 97.7 Å². The Balaban J connectivity index is 0.000000228. The van der Waals surface area contributed by atoms with Crippen LogP contribution in [0.4, 0.5) is 11.4 Å². The van der Waals surface area contributed by atoms with Crippen LogP contribution in [0.2, 0.25) is 0 Å². The number of sulfonamides is 1. The van der Waals surface area contributed by atoms with Crippen molar-refractivity contribution < 1.29 is 26.4 Å². The molecule has 6 aromatic rings. The Bertz CT molecular complexity index is 2490. The van der Waals surface area contributed by atoms with Gasteiger partial charge in [-0.05, 0) is 80.1 Å². The molecular weight excluding hydrogens is 792 g/mol. The summed E-state index contributed by atoms with van der Waals surface area (Å²) in [6.07, 6.45) is 13.0. The summed E-state index contributed by atoms with van der Waals surface area (Å²) in [6.45, 7) is 1.75. The highest BCUT2D eigenvalue weighted by atomic mass is 35.7. The average Bonchev–Trinajstić information content (AvgIpc) is 3.80. The fourth-order valence-corrected chi connectivity index (χ4v) is 5.69. The van der Waals surface area contributed by atoms with Crippen LogP contribution in [0.3, 0.4) is 0 Å². The molecule has 16 nitrogen and oxygen atoms in total. The molecule has 0 aliphatic heterocycles. The third kappa shape index (κ3) is 15.0. The van der Waals surface area contributed by atoms with Crippen molar-refractivity contribution in [3.05, 3.63) is 121 Å². The second-order valence-electron chi connectivity index (χ2n) is 12.2. The van der Waals surface area contributed by atoms with Crippen molar-refractivity contribution in [3.63, 3.8) is 0 Å². The summed E-state index contributed by atoms with van der Waals surface area (Å²) in [6, 6.07) is 26.3. The van der Waals surface area contributed by atoms with Gasteiger partial charge in [-0.15, -0.1) is 0 Å². The summed E-state index contributed by atoms with van der Waals surface area (Å²) in [4.78, 5) is 37.1. The normalized spacial score (nSPS) is 11.6. The number of nitrogens with one attached hydrogen (secondary N) is 3. The van der Waals surface area contributed by atoms with Crippen molar-refractivity contribution in [2.24, 2.45) is 5.73 Å². The molecule has 57 heavy (non-hydrogen) atoms. The molecule has 0 fully saturated rings. The molecule has 0 bridgehead atoms. The van der Waals surface area contributed by atoms with E-state index in [9.17, 15) is 26.4 Å². The largest absolute Gasteiger partial charge is 0.330 e. The van der Waals surface area contributed by atoms with E-state index in [1.807, 2.05) is 84.9 Å². The highest BCUT2D eigenvalue weighted by Crippen LogP contribution is 2.19. The number of H-pyrrole nitrogens is 2. The van der Waals surface area contributed by atoms with Crippen LogP contribution in [0.15, 0.2) is 109 Å². The number of fused-ring (bicyclic) bond motifs is 2. The molecule has 0 radical (unpaired) electrons. The molecule has 6 rings (SSSR count). The van der Waals surface area contributed by atoms with Gasteiger partial charge in [0.15, 0.2) is 11.3 Å². The summed E-state index contributed by atoms with van der Waals surface area (Å²) in [5.74, 6) is -0.307. The molecule has 0 unspecified atom stereocenters. The number of benzene rings is 2. The van der Waals surface area contributed by atoms with E-state index in [0.29, 0.717) is 43.0 Å². The number of carbonyl (C=O) groups is 2. The summed E-state index contributed by atoms with van der Waals surface area (Å²) in [5, 5.41) is 15.7. The molecule has 2 amide bonds. The van der Waals surface area contributed by atoms with Crippen LogP contribution in [0.25, 0.3) is 34.2 Å². The molecule has 5 N–H and O–H groups in total. The number of para-hydroxylation sites is 2. The van der Waals surface area contributed by atoms with Crippen molar-refractivity contribution in [2.75, 3.05) is 48.5 Å². The van der Waals surface area contributed by atoms with E-state index in [1.165, 1.54) is 6.08 Å². The van der Waals surface area contributed by atoms with Crippen LogP contribution in [-0.2, 0) is 28.7 Å². The predicted molar refractivity (Wildman–Crippen MR) is 225 cm³/mol. The number of anilines is 2. The number of hydrogen-bond acceptors (Lipinski definition) is 11. The van der Waals surface area contributed by atoms with Gasteiger partial charge in [-0.1, -0.05) is 36.4 Å². The van der Waals surface area contributed by atoms with E-state index in [4.69, 9.17) is 5.73 Å². The van der Waals surface area contributed by atoms with Gasteiger partial charge in [-0.2, -0.15) is 10.2 Å². The highest BCUT2D eigenvalue weighted by molar-refractivity contribution is 8.13. The van der Waals surface area contributed by atoms with Gasteiger partial charge in [-0.25, -0.2) is 31.5 Å². The minimum absolute atomic E-state index is 0.0960. The zero-order valence-electron chi connectivity index (χ0n) is 31.2. The minimum Gasteiger partial charge on any atom is -0.330 e. The van der Waals surface area contributed by atoms with E-state index in [2.05, 4.69) is 45.8 Å². The van der Waals surface area contributed by atoms with Crippen LogP contribution in [0, 0.1) is 0 Å². The van der Waals surface area contributed by atoms with E-state index in [0.717, 1.165) is 46.8 Å². The second kappa shape index (κ2) is 21.5. The second-order valence-corrected chi connectivity index (χ2v) is 17.1. The fraction of sp³-hybridized carbons (Fsp3) is 0.211. The zero-order chi connectivity index (χ0) is 41.3. The van der Waals surface area contributed by atoms with Crippen LogP contribution >= 0.6 is 10.7 Å². The Morgan fingerprint density at radius 2 is 1.12 bits per heavy atom. The van der Waals surface area contributed by atoms with Gasteiger partial charge in [0, 0.05) is 77.0 Å². The number of amides is 2. The van der Waals surface area contributed by atoms with Gasteiger partial charge in [0.2, 0.25) is 19.1 Å². The fourth-order valence-electron chi connectivity index (χ4n) is 5.18. The zero-order valence-corrected chi connectivity index (χ0v) is 33.6. The lowest BCUT2D eigenvalue weighted by Gasteiger charge is -2.21. The maximum atomic E-state index is 12.8. The molecule has 0 aliphatic carbocycles. The number of pyridine rings is 2. The van der Waals surface area contributed by atoms with E-state index in [-0.39, 0.29) is 18.4 Å². The first-order chi connectivity index (χ1) is 27.2. The minimum atomic E-state index is -3.25. The Morgan fingerprint density at radius 1 is 0.702 bits per heavy atom. The van der Waals surface area contributed by atoms with Crippen LogP contribution in [0.1, 0.15) is 24.2 Å². The SMILES string of the molecule is CS(=O)(=O)Cl.CS(=O)(=O)NCCCN(C(=O)/C=C/c1[nH]nc2ncccc12)c1ccccc1.NCCCN(C(=O)/C=C/c1[nH]nc2ncccc12)c1ccccc1. The maximum Gasteiger partial charge on any atom is 0.251 e. The molecule has 0 atom stereocenters. The Morgan fingerprint density at radius 3 is 1.53 bits per heavy atom. The maximum absolute atomic E-state index is 12.8. The standard InChI is InChI=1S/C19H21N5O3S.C18H19N5O.CH3ClO2S/c1-28(26,27)21-13-6-14-24(15-7-3-2-4-8-15)18(25)11-10-17-16-9-5-12-20-19(16)23-22-17;19-11-5-13-23(14-6-2-1-3-7-14)17(24)10-9-16-15-8-4-12-20-18(15)22-21-16;1-5(2,3)4/h2-5,7-12,21H,6,13-14H2,1H3,(H,20,22,23);1-4,6-10,12H,5,11,13,19H2,(H,20,21,22);1H3/b11-10+;10-9+;. The molecule has 2 aromatic carbocycles. The molecular formula is C38H43ClN10O6S2. The summed E-state index contributed by atoms with van der Waals surface area (Å²) < 4.78 is 43.6.